The van der Waals surface area contributed by atoms with Crippen molar-refractivity contribution in [2.75, 3.05) is 6.61 Å². The zero-order valence-electron chi connectivity index (χ0n) is 9.27. The molecular formula is C12H11N3O2. The Bertz CT molecular complexity index is 644. The lowest BCUT2D eigenvalue weighted by Gasteiger charge is -2.05. The van der Waals surface area contributed by atoms with E-state index in [1.165, 1.54) is 10.9 Å². The van der Waals surface area contributed by atoms with Gasteiger partial charge < -0.3 is 5.11 Å². The largest absolute Gasteiger partial charge is 0.384 e. The van der Waals surface area contributed by atoms with Crippen molar-refractivity contribution in [1.29, 1.82) is 0 Å². The number of aryl methyl sites for hydroxylation is 1. The number of nitrogens with one attached hydrogen (secondary N) is 1. The third-order valence-corrected chi connectivity index (χ3v) is 2.27. The van der Waals surface area contributed by atoms with Gasteiger partial charge in [-0.2, -0.15) is 5.10 Å². The maximum atomic E-state index is 11.5. The van der Waals surface area contributed by atoms with Crippen LogP contribution in [0.15, 0.2) is 29.3 Å². The first kappa shape index (κ1) is 11.2. The lowest BCUT2D eigenvalue weighted by atomic mass is 10.1. The number of hydrogen-bond donors (Lipinski definition) is 2. The van der Waals surface area contributed by atoms with Crippen molar-refractivity contribution in [2.24, 2.45) is 0 Å². The lowest BCUT2D eigenvalue weighted by molar-refractivity contribution is 0.350. The molecule has 86 valence electrons. The van der Waals surface area contributed by atoms with E-state index in [2.05, 4.69) is 22.0 Å². The molecule has 5 heteroatoms. The van der Waals surface area contributed by atoms with Crippen molar-refractivity contribution >= 4 is 0 Å². The van der Waals surface area contributed by atoms with Crippen molar-refractivity contribution in [1.82, 2.24) is 14.8 Å². The highest BCUT2D eigenvalue weighted by molar-refractivity contribution is 5.52. The van der Waals surface area contributed by atoms with Gasteiger partial charge >= 0.3 is 5.69 Å². The average Bonchev–Trinajstić information content (AvgIpc) is 2.74. The molecule has 2 N–H and O–H groups in total. The molecular weight excluding hydrogens is 218 g/mol. The monoisotopic (exact) mass is 229 g/mol. The van der Waals surface area contributed by atoms with Crippen molar-refractivity contribution in [2.45, 2.75) is 6.92 Å². The Labute approximate surface area is 97.7 Å². The van der Waals surface area contributed by atoms with Gasteiger partial charge in [0, 0.05) is 5.56 Å². The molecule has 0 spiro atoms. The predicted octanol–water partition coefficient (Wildman–Crippen LogP) is 0.213. The number of benzene rings is 1. The number of aliphatic hydroxyl groups is 1. The van der Waals surface area contributed by atoms with Gasteiger partial charge in [0.25, 0.3) is 0 Å². The van der Waals surface area contributed by atoms with Gasteiger partial charge in [-0.1, -0.05) is 17.9 Å². The molecule has 1 aromatic heterocycles. The fourth-order valence-corrected chi connectivity index (χ4v) is 1.50. The van der Waals surface area contributed by atoms with Crippen molar-refractivity contribution in [3.8, 4) is 17.5 Å². The molecule has 1 aromatic carbocycles. The Morgan fingerprint density at radius 2 is 2.35 bits per heavy atom. The highest BCUT2D eigenvalue weighted by Crippen LogP contribution is 2.13. The maximum Gasteiger partial charge on any atom is 0.347 e. The summed E-state index contributed by atoms with van der Waals surface area (Å²) < 4.78 is 1.38. The van der Waals surface area contributed by atoms with Crippen LogP contribution in [0.5, 0.6) is 0 Å². The average molecular weight is 229 g/mol. The molecule has 0 aliphatic rings. The standard InChI is InChI=1S/C12H11N3O2/c1-9-4-5-10(3-2-6-16)11(7-9)15-8-13-14-12(15)17/h4-5,7-8,16H,6H2,1H3,(H,14,17). The zero-order chi connectivity index (χ0) is 12.3. The van der Waals surface area contributed by atoms with Crippen LogP contribution in [0.25, 0.3) is 5.69 Å². The molecule has 0 bridgehead atoms. The molecule has 17 heavy (non-hydrogen) atoms. The van der Waals surface area contributed by atoms with E-state index in [0.29, 0.717) is 11.3 Å². The van der Waals surface area contributed by atoms with E-state index in [1.54, 1.807) is 0 Å². The van der Waals surface area contributed by atoms with Crippen molar-refractivity contribution < 1.29 is 5.11 Å². The fraction of sp³-hybridized carbons (Fsp3) is 0.167. The molecule has 0 fully saturated rings. The number of rotatable bonds is 1. The number of aliphatic hydroxyl groups excluding tert-OH is 1. The van der Waals surface area contributed by atoms with Crippen LogP contribution in [0.1, 0.15) is 11.1 Å². The van der Waals surface area contributed by atoms with E-state index in [1.807, 2.05) is 25.1 Å². The van der Waals surface area contributed by atoms with Gasteiger partial charge in [0.2, 0.25) is 0 Å². The highest BCUT2D eigenvalue weighted by Gasteiger charge is 2.06. The Balaban J connectivity index is 2.63. The van der Waals surface area contributed by atoms with Gasteiger partial charge in [-0.05, 0) is 24.6 Å². The van der Waals surface area contributed by atoms with Crippen LogP contribution >= 0.6 is 0 Å². The summed E-state index contributed by atoms with van der Waals surface area (Å²) in [6.07, 6.45) is 1.40. The molecule has 0 aliphatic heterocycles. The van der Waals surface area contributed by atoms with Crippen LogP contribution in [-0.2, 0) is 0 Å². The second-order valence-corrected chi connectivity index (χ2v) is 3.51. The summed E-state index contributed by atoms with van der Waals surface area (Å²) in [6.45, 7) is 1.71. The summed E-state index contributed by atoms with van der Waals surface area (Å²) in [5, 5.41) is 14.7. The second kappa shape index (κ2) is 4.68. The van der Waals surface area contributed by atoms with Gasteiger partial charge in [-0.3, -0.25) is 0 Å². The third kappa shape index (κ3) is 2.27. The zero-order valence-corrected chi connectivity index (χ0v) is 9.27. The molecule has 2 rings (SSSR count). The normalized spacial score (nSPS) is 9.76. The van der Waals surface area contributed by atoms with Crippen LogP contribution in [0.2, 0.25) is 0 Å². The van der Waals surface area contributed by atoms with Crippen molar-refractivity contribution in [3.63, 3.8) is 0 Å². The lowest BCUT2D eigenvalue weighted by Crippen LogP contribution is -2.15. The number of aromatic amines is 1. The topological polar surface area (TPSA) is 70.9 Å². The van der Waals surface area contributed by atoms with Gasteiger partial charge in [-0.15, -0.1) is 0 Å². The fourth-order valence-electron chi connectivity index (χ4n) is 1.50. The summed E-state index contributed by atoms with van der Waals surface area (Å²) >= 11 is 0. The molecule has 0 saturated carbocycles. The predicted molar refractivity (Wildman–Crippen MR) is 62.9 cm³/mol. The van der Waals surface area contributed by atoms with E-state index in [4.69, 9.17) is 5.11 Å². The van der Waals surface area contributed by atoms with Crippen LogP contribution < -0.4 is 5.69 Å². The summed E-state index contributed by atoms with van der Waals surface area (Å²) in [5.41, 5.74) is 2.03. The molecule has 0 atom stereocenters. The van der Waals surface area contributed by atoms with Crippen LogP contribution in [-0.4, -0.2) is 26.5 Å². The minimum absolute atomic E-state index is 0.215. The summed E-state index contributed by atoms with van der Waals surface area (Å²) in [4.78, 5) is 11.5. The van der Waals surface area contributed by atoms with Gasteiger partial charge in [0.1, 0.15) is 12.9 Å². The Morgan fingerprint density at radius 3 is 3.00 bits per heavy atom. The van der Waals surface area contributed by atoms with Gasteiger partial charge in [0.05, 0.1) is 5.69 Å². The minimum atomic E-state index is -0.317. The smallest absolute Gasteiger partial charge is 0.347 e. The van der Waals surface area contributed by atoms with E-state index in [9.17, 15) is 4.79 Å². The van der Waals surface area contributed by atoms with E-state index in [0.717, 1.165) is 5.56 Å². The molecule has 0 radical (unpaired) electrons. The summed E-state index contributed by atoms with van der Waals surface area (Å²) in [5.74, 6) is 5.37. The third-order valence-electron chi connectivity index (χ3n) is 2.27. The van der Waals surface area contributed by atoms with E-state index < -0.39 is 0 Å². The van der Waals surface area contributed by atoms with Crippen molar-refractivity contribution in [3.05, 3.63) is 46.1 Å². The Hall–Kier alpha value is -2.32. The summed E-state index contributed by atoms with van der Waals surface area (Å²) in [6, 6.07) is 5.56. The molecule has 5 nitrogen and oxygen atoms in total. The van der Waals surface area contributed by atoms with Crippen LogP contribution in [0.3, 0.4) is 0 Å². The number of nitrogens with zero attached hydrogens (tertiary/aromatic N) is 2. The number of hydrogen-bond acceptors (Lipinski definition) is 3. The Kier molecular flexibility index (Phi) is 3.08. The Morgan fingerprint density at radius 1 is 1.53 bits per heavy atom. The molecule has 1 heterocycles. The molecule has 0 saturated heterocycles. The molecule has 0 unspecified atom stereocenters. The van der Waals surface area contributed by atoms with Crippen LogP contribution in [0, 0.1) is 18.8 Å². The quantitative estimate of drug-likeness (QED) is 0.687. The van der Waals surface area contributed by atoms with E-state index >= 15 is 0 Å². The van der Waals surface area contributed by atoms with Gasteiger partial charge in [-0.25, -0.2) is 14.5 Å². The van der Waals surface area contributed by atoms with Crippen LogP contribution in [0.4, 0.5) is 0 Å². The first-order valence-corrected chi connectivity index (χ1v) is 5.05. The minimum Gasteiger partial charge on any atom is -0.384 e. The molecule has 2 aromatic rings. The molecule has 0 aliphatic carbocycles. The molecule has 0 amide bonds. The second-order valence-electron chi connectivity index (χ2n) is 3.51. The number of aromatic nitrogens is 3. The number of H-pyrrole nitrogens is 1. The maximum absolute atomic E-state index is 11.5. The first-order valence-electron chi connectivity index (χ1n) is 5.05. The van der Waals surface area contributed by atoms with E-state index in [-0.39, 0.29) is 12.3 Å². The summed E-state index contributed by atoms with van der Waals surface area (Å²) in [7, 11) is 0. The van der Waals surface area contributed by atoms with Gasteiger partial charge in [0.15, 0.2) is 0 Å². The SMILES string of the molecule is Cc1ccc(C#CCO)c(-n2cn[nH]c2=O)c1. The highest BCUT2D eigenvalue weighted by atomic mass is 16.2. The first-order chi connectivity index (χ1) is 8.22.